The van der Waals surface area contributed by atoms with Gasteiger partial charge in [0.15, 0.2) is 11.5 Å². The fraction of sp³-hybridized carbons (Fsp3) is 0.267. The van der Waals surface area contributed by atoms with E-state index in [1.165, 1.54) is 11.2 Å². The highest BCUT2D eigenvalue weighted by atomic mass is 16.5. The molecule has 1 aromatic heterocycles. The van der Waals surface area contributed by atoms with Crippen LogP contribution < -0.4 is 14.2 Å². The van der Waals surface area contributed by atoms with Crippen LogP contribution in [0.1, 0.15) is 42.3 Å². The number of carbonyl (C=O) groups is 2. The van der Waals surface area contributed by atoms with Crippen LogP contribution in [0.2, 0.25) is 0 Å². The Morgan fingerprint density at radius 2 is 2.00 bits per heavy atom. The normalized spacial score (nSPS) is 19.8. The highest BCUT2D eigenvalue weighted by Crippen LogP contribution is 2.43. The quantitative estimate of drug-likeness (QED) is 0.181. The first kappa shape index (κ1) is 25.2. The van der Waals surface area contributed by atoms with Gasteiger partial charge in [-0.15, -0.1) is 0 Å². The maximum atomic E-state index is 13.4. The molecule has 3 heterocycles. The fourth-order valence-corrected chi connectivity index (χ4v) is 4.92. The lowest BCUT2D eigenvalue weighted by atomic mass is 9.94. The number of furan rings is 1. The monoisotopic (exact) mass is 515 g/mol. The van der Waals surface area contributed by atoms with Gasteiger partial charge in [0.2, 0.25) is 0 Å². The maximum Gasteiger partial charge on any atom is 0.296 e. The third-order valence-corrected chi connectivity index (χ3v) is 6.56. The number of aliphatic hydroxyl groups excluding tert-OH is 1. The molecule has 8 heteroatoms. The van der Waals surface area contributed by atoms with Crippen LogP contribution in [-0.2, 0) is 22.6 Å². The van der Waals surface area contributed by atoms with Gasteiger partial charge < -0.3 is 28.6 Å². The van der Waals surface area contributed by atoms with Gasteiger partial charge in [0.05, 0.1) is 31.0 Å². The second-order valence-corrected chi connectivity index (χ2v) is 9.20. The zero-order chi connectivity index (χ0) is 26.8. The highest BCUT2D eigenvalue weighted by molar-refractivity contribution is 6.46. The smallest absolute Gasteiger partial charge is 0.296 e. The number of hydrogen-bond donors (Lipinski definition) is 1. The molecule has 0 saturated carbocycles. The summed E-state index contributed by atoms with van der Waals surface area (Å²) in [5.74, 6) is 0.481. The predicted octanol–water partition coefficient (Wildman–Crippen LogP) is 5.19. The highest BCUT2D eigenvalue weighted by Gasteiger charge is 2.46. The average molecular weight is 516 g/mol. The molecule has 196 valence electrons. The number of aliphatic hydroxyl groups is 1. The molecule has 2 atom stereocenters. The molecule has 1 N–H and O–H groups in total. The molecule has 0 aliphatic carbocycles. The van der Waals surface area contributed by atoms with Gasteiger partial charge in [-0.05, 0) is 67.4 Å². The van der Waals surface area contributed by atoms with Gasteiger partial charge in [-0.2, -0.15) is 0 Å². The molecule has 3 aromatic rings. The average Bonchev–Trinajstić information content (AvgIpc) is 3.62. The van der Waals surface area contributed by atoms with E-state index in [-0.39, 0.29) is 30.6 Å². The minimum Gasteiger partial charge on any atom is -0.507 e. The Bertz CT molecular complexity index is 1410. The van der Waals surface area contributed by atoms with Crippen molar-refractivity contribution in [3.63, 3.8) is 0 Å². The molecule has 2 aromatic carbocycles. The van der Waals surface area contributed by atoms with Crippen molar-refractivity contribution in [3.05, 3.63) is 95.5 Å². The second kappa shape index (κ2) is 10.5. The number of ketones is 1. The van der Waals surface area contributed by atoms with E-state index in [1.54, 1.807) is 48.5 Å². The number of benzene rings is 2. The van der Waals surface area contributed by atoms with Crippen LogP contribution in [-0.4, -0.2) is 41.0 Å². The van der Waals surface area contributed by atoms with E-state index >= 15 is 0 Å². The van der Waals surface area contributed by atoms with E-state index in [0.717, 1.165) is 11.3 Å². The first-order valence-electron chi connectivity index (χ1n) is 12.5. The molecular formula is C30H29NO7. The summed E-state index contributed by atoms with van der Waals surface area (Å²) in [6.45, 7) is 8.23. The third kappa shape index (κ3) is 4.65. The van der Waals surface area contributed by atoms with Crippen molar-refractivity contribution in [2.24, 2.45) is 0 Å². The zero-order valence-electron chi connectivity index (χ0n) is 21.3. The Morgan fingerprint density at radius 3 is 2.74 bits per heavy atom. The summed E-state index contributed by atoms with van der Waals surface area (Å²) in [6.07, 6.45) is 3.86. The SMILES string of the molecule is C=CCOc1ccc([C@@H]2C(=C(O)c3ccc4c(c3)C[C@@H](C)O4)C(=O)C(=O)N2Cc2ccco2)cc1OCC. The molecule has 8 nitrogen and oxygen atoms in total. The summed E-state index contributed by atoms with van der Waals surface area (Å²) < 4.78 is 22.8. The summed E-state index contributed by atoms with van der Waals surface area (Å²) in [4.78, 5) is 28.1. The molecule has 38 heavy (non-hydrogen) atoms. The van der Waals surface area contributed by atoms with Crippen molar-refractivity contribution in [2.75, 3.05) is 13.2 Å². The van der Waals surface area contributed by atoms with E-state index in [1.807, 2.05) is 19.9 Å². The van der Waals surface area contributed by atoms with E-state index in [4.69, 9.17) is 18.6 Å². The van der Waals surface area contributed by atoms with Gasteiger partial charge in [-0.1, -0.05) is 18.7 Å². The molecule has 1 fully saturated rings. The summed E-state index contributed by atoms with van der Waals surface area (Å²) in [7, 11) is 0. The van der Waals surface area contributed by atoms with Gasteiger partial charge in [0, 0.05) is 12.0 Å². The summed E-state index contributed by atoms with van der Waals surface area (Å²) in [5, 5.41) is 11.5. The first-order chi connectivity index (χ1) is 18.4. The van der Waals surface area contributed by atoms with Crippen LogP contribution >= 0.6 is 0 Å². The number of ether oxygens (including phenoxy) is 3. The lowest BCUT2D eigenvalue weighted by Crippen LogP contribution is -2.29. The lowest BCUT2D eigenvalue weighted by molar-refractivity contribution is -0.140. The molecule has 0 radical (unpaired) electrons. The van der Waals surface area contributed by atoms with Crippen LogP contribution in [0.15, 0.2) is 77.4 Å². The van der Waals surface area contributed by atoms with Gasteiger partial charge >= 0.3 is 0 Å². The number of likely N-dealkylation sites (tertiary alicyclic amines) is 1. The van der Waals surface area contributed by atoms with Gasteiger partial charge in [0.1, 0.15) is 30.0 Å². The topological polar surface area (TPSA) is 98.4 Å². The number of fused-ring (bicyclic) bond motifs is 1. The number of hydrogen-bond acceptors (Lipinski definition) is 7. The van der Waals surface area contributed by atoms with E-state index in [2.05, 4.69) is 6.58 Å². The van der Waals surface area contributed by atoms with Gasteiger partial charge in [-0.3, -0.25) is 9.59 Å². The van der Waals surface area contributed by atoms with Crippen LogP contribution in [0, 0.1) is 0 Å². The predicted molar refractivity (Wildman–Crippen MR) is 140 cm³/mol. The van der Waals surface area contributed by atoms with E-state index < -0.39 is 17.7 Å². The van der Waals surface area contributed by atoms with Crippen LogP contribution in [0.25, 0.3) is 5.76 Å². The summed E-state index contributed by atoms with van der Waals surface area (Å²) in [5.41, 5.74) is 1.96. The number of carbonyl (C=O) groups excluding carboxylic acids is 2. The Morgan fingerprint density at radius 1 is 1.16 bits per heavy atom. The largest absolute Gasteiger partial charge is 0.507 e. The molecule has 0 spiro atoms. The standard InChI is InChI=1S/C30H29NO7/c1-4-12-37-24-11-8-19(16-25(24)35-5-2)27-26(29(33)30(34)31(27)17-22-7-6-13-36-22)28(32)20-9-10-23-21(15-20)14-18(3)38-23/h4,6-11,13,15-16,18,27,32H,1,5,12,14,17H2,2-3H3/t18-,27-/m1/s1. The molecule has 1 amide bonds. The number of nitrogens with zero attached hydrogens (tertiary/aromatic N) is 1. The van der Waals surface area contributed by atoms with E-state index in [0.29, 0.717) is 41.4 Å². The Balaban J connectivity index is 1.63. The molecule has 2 aliphatic heterocycles. The molecular weight excluding hydrogens is 486 g/mol. The van der Waals surface area contributed by atoms with Crippen molar-refractivity contribution in [2.45, 2.75) is 39.0 Å². The van der Waals surface area contributed by atoms with Crippen molar-refractivity contribution in [1.82, 2.24) is 4.90 Å². The summed E-state index contributed by atoms with van der Waals surface area (Å²) >= 11 is 0. The Labute approximate surface area is 220 Å². The minimum atomic E-state index is -0.879. The van der Waals surface area contributed by atoms with Crippen molar-refractivity contribution >= 4 is 17.4 Å². The number of amides is 1. The molecule has 5 rings (SSSR count). The maximum absolute atomic E-state index is 13.4. The molecule has 0 unspecified atom stereocenters. The molecule has 2 aliphatic rings. The minimum absolute atomic E-state index is 0.00400. The van der Waals surface area contributed by atoms with Gasteiger partial charge in [0.25, 0.3) is 11.7 Å². The van der Waals surface area contributed by atoms with Gasteiger partial charge in [-0.25, -0.2) is 0 Å². The third-order valence-electron chi connectivity index (χ3n) is 6.56. The lowest BCUT2D eigenvalue weighted by Gasteiger charge is -2.25. The first-order valence-corrected chi connectivity index (χ1v) is 12.5. The fourth-order valence-electron chi connectivity index (χ4n) is 4.92. The van der Waals surface area contributed by atoms with Crippen molar-refractivity contribution in [1.29, 1.82) is 0 Å². The van der Waals surface area contributed by atoms with Crippen LogP contribution in [0.5, 0.6) is 17.2 Å². The van der Waals surface area contributed by atoms with Crippen molar-refractivity contribution in [3.8, 4) is 17.2 Å². The van der Waals surface area contributed by atoms with E-state index in [9.17, 15) is 14.7 Å². The Hall–Kier alpha value is -4.46. The molecule has 1 saturated heterocycles. The molecule has 0 bridgehead atoms. The Kier molecular flexibility index (Phi) is 6.96. The number of rotatable bonds is 9. The van der Waals surface area contributed by atoms with Crippen molar-refractivity contribution < 1.29 is 33.3 Å². The number of Topliss-reactive ketones (excluding diaryl/α,β-unsaturated/α-hetero) is 1. The summed E-state index contributed by atoms with van der Waals surface area (Å²) in [6, 6.07) is 13.1. The van der Waals surface area contributed by atoms with Crippen LogP contribution in [0.3, 0.4) is 0 Å². The van der Waals surface area contributed by atoms with Crippen LogP contribution in [0.4, 0.5) is 0 Å². The zero-order valence-corrected chi connectivity index (χ0v) is 21.3. The second-order valence-electron chi connectivity index (χ2n) is 9.20.